The average Bonchev–Trinajstić information content (AvgIpc) is 3.07. The number of carbonyl (C=O) groups excluding carboxylic acids is 2. The Morgan fingerprint density at radius 1 is 1.03 bits per heavy atom. The van der Waals surface area contributed by atoms with Crippen molar-refractivity contribution in [3.63, 3.8) is 0 Å². The van der Waals surface area contributed by atoms with Crippen molar-refractivity contribution in [1.82, 2.24) is 0 Å². The summed E-state index contributed by atoms with van der Waals surface area (Å²) in [6.07, 6.45) is 13.3. The summed E-state index contributed by atoms with van der Waals surface area (Å²) in [6, 6.07) is 0. The first kappa shape index (κ1) is 24.8. The van der Waals surface area contributed by atoms with E-state index in [0.717, 1.165) is 49.9 Å². The number of esters is 1. The molecule has 3 nitrogen and oxygen atoms in total. The van der Waals surface area contributed by atoms with Crippen LogP contribution in [0.2, 0.25) is 0 Å². The Labute approximate surface area is 191 Å². The van der Waals surface area contributed by atoms with Crippen molar-refractivity contribution < 1.29 is 14.3 Å². The number of hydrogen-bond acceptors (Lipinski definition) is 3. The maximum Gasteiger partial charge on any atom is 0.305 e. The standard InChI is InChI=1S/C28H48O3/c1-19(2)10-9-11-20(3)22-13-14-23-21(18-26(30)31-6)24(15-17-27(22,23)4)28(5)16-8-7-12-25(28)29/h19-24H,7-18H2,1-6H3. The summed E-state index contributed by atoms with van der Waals surface area (Å²) in [5.74, 6) is 3.84. The molecule has 31 heavy (non-hydrogen) atoms. The van der Waals surface area contributed by atoms with Crippen LogP contribution in [0, 0.1) is 46.3 Å². The lowest BCUT2D eigenvalue weighted by Gasteiger charge is -2.54. The lowest BCUT2D eigenvalue weighted by Crippen LogP contribution is -2.51. The second-order valence-corrected chi connectivity index (χ2v) is 12.2. The Balaban J connectivity index is 1.82. The first-order valence-electron chi connectivity index (χ1n) is 13.2. The Morgan fingerprint density at radius 2 is 1.77 bits per heavy atom. The van der Waals surface area contributed by atoms with Crippen LogP contribution in [0.1, 0.15) is 112 Å². The van der Waals surface area contributed by atoms with E-state index in [9.17, 15) is 9.59 Å². The van der Waals surface area contributed by atoms with Crippen LogP contribution in [0.25, 0.3) is 0 Å². The molecule has 3 rings (SSSR count). The molecule has 178 valence electrons. The molecule has 3 fully saturated rings. The molecule has 7 unspecified atom stereocenters. The number of ether oxygens (including phenoxy) is 1. The van der Waals surface area contributed by atoms with Crippen molar-refractivity contribution in [3.8, 4) is 0 Å². The molecule has 0 radical (unpaired) electrons. The maximum atomic E-state index is 13.1. The van der Waals surface area contributed by atoms with Crippen LogP contribution >= 0.6 is 0 Å². The lowest BCUT2D eigenvalue weighted by atomic mass is 9.49. The number of ketones is 1. The van der Waals surface area contributed by atoms with Crippen molar-refractivity contribution in [2.75, 3.05) is 7.11 Å². The monoisotopic (exact) mass is 432 g/mol. The van der Waals surface area contributed by atoms with Crippen molar-refractivity contribution in [3.05, 3.63) is 0 Å². The van der Waals surface area contributed by atoms with Gasteiger partial charge in [0, 0.05) is 18.3 Å². The molecule has 0 amide bonds. The summed E-state index contributed by atoms with van der Waals surface area (Å²) < 4.78 is 5.16. The predicted octanol–water partition coefficient (Wildman–Crippen LogP) is 7.22. The number of rotatable bonds is 8. The highest BCUT2D eigenvalue weighted by Gasteiger charge is 2.59. The van der Waals surface area contributed by atoms with E-state index < -0.39 is 0 Å². The molecule has 0 bridgehead atoms. The molecule has 7 atom stereocenters. The summed E-state index contributed by atoms with van der Waals surface area (Å²) in [5, 5.41) is 0. The third-order valence-corrected chi connectivity index (χ3v) is 10.1. The van der Waals surface area contributed by atoms with Crippen LogP contribution < -0.4 is 0 Å². The topological polar surface area (TPSA) is 43.4 Å². The molecule has 3 aliphatic rings. The Bertz CT molecular complexity index is 640. The van der Waals surface area contributed by atoms with E-state index in [1.54, 1.807) is 0 Å². The first-order chi connectivity index (χ1) is 14.6. The minimum atomic E-state index is -0.237. The van der Waals surface area contributed by atoms with Gasteiger partial charge in [-0.05, 0) is 79.4 Å². The third-order valence-electron chi connectivity index (χ3n) is 10.1. The van der Waals surface area contributed by atoms with Gasteiger partial charge in [-0.1, -0.05) is 60.3 Å². The van der Waals surface area contributed by atoms with E-state index in [1.165, 1.54) is 45.6 Å². The van der Waals surface area contributed by atoms with Crippen LogP contribution in [0.3, 0.4) is 0 Å². The van der Waals surface area contributed by atoms with Gasteiger partial charge in [-0.3, -0.25) is 9.59 Å². The molecule has 3 aliphatic carbocycles. The second kappa shape index (κ2) is 9.96. The molecule has 0 spiro atoms. The lowest BCUT2D eigenvalue weighted by molar-refractivity contribution is -0.151. The van der Waals surface area contributed by atoms with Crippen LogP contribution in [0.5, 0.6) is 0 Å². The highest BCUT2D eigenvalue weighted by Crippen LogP contribution is 2.64. The van der Waals surface area contributed by atoms with Gasteiger partial charge in [0.25, 0.3) is 0 Å². The zero-order chi connectivity index (χ0) is 22.8. The van der Waals surface area contributed by atoms with Gasteiger partial charge < -0.3 is 4.74 Å². The van der Waals surface area contributed by atoms with Gasteiger partial charge in [-0.2, -0.15) is 0 Å². The Kier molecular flexibility index (Phi) is 7.96. The van der Waals surface area contributed by atoms with E-state index in [2.05, 4.69) is 34.6 Å². The quantitative estimate of drug-likeness (QED) is 0.380. The summed E-state index contributed by atoms with van der Waals surface area (Å²) in [6.45, 7) is 11.9. The normalized spacial score (nSPS) is 39.4. The van der Waals surface area contributed by atoms with Crippen molar-refractivity contribution >= 4 is 11.8 Å². The van der Waals surface area contributed by atoms with Gasteiger partial charge in [0.1, 0.15) is 5.78 Å². The molecular formula is C28H48O3. The summed E-state index contributed by atoms with van der Waals surface area (Å²) in [4.78, 5) is 25.6. The number of fused-ring (bicyclic) bond motifs is 1. The SMILES string of the molecule is COC(=O)CC1C(C2(C)CCCCC2=O)CCC2(C)C(C(C)CCCC(C)C)CCC12. The predicted molar refractivity (Wildman–Crippen MR) is 127 cm³/mol. The van der Waals surface area contributed by atoms with Gasteiger partial charge in [0.05, 0.1) is 7.11 Å². The fraction of sp³-hybridized carbons (Fsp3) is 0.929. The summed E-state index contributed by atoms with van der Waals surface area (Å²) in [5.41, 5.74) is 0.0692. The summed E-state index contributed by atoms with van der Waals surface area (Å²) >= 11 is 0. The Morgan fingerprint density at radius 3 is 2.42 bits per heavy atom. The molecule has 0 saturated heterocycles. The highest BCUT2D eigenvalue weighted by molar-refractivity contribution is 5.85. The van der Waals surface area contributed by atoms with Crippen LogP contribution in [-0.4, -0.2) is 18.9 Å². The smallest absolute Gasteiger partial charge is 0.305 e. The van der Waals surface area contributed by atoms with Crippen LogP contribution in [-0.2, 0) is 14.3 Å². The molecule has 3 heteroatoms. The van der Waals surface area contributed by atoms with Crippen molar-refractivity contribution in [1.29, 1.82) is 0 Å². The van der Waals surface area contributed by atoms with Gasteiger partial charge in [0.15, 0.2) is 0 Å². The second-order valence-electron chi connectivity index (χ2n) is 12.2. The zero-order valence-electron chi connectivity index (χ0n) is 21.2. The Hall–Kier alpha value is -0.860. The molecule has 0 aromatic carbocycles. The van der Waals surface area contributed by atoms with Gasteiger partial charge >= 0.3 is 5.97 Å². The number of Topliss-reactive ketones (excluding diaryl/α,β-unsaturated/α-hetero) is 1. The fourth-order valence-electron chi connectivity index (χ4n) is 8.26. The maximum absolute atomic E-state index is 13.1. The number of carbonyl (C=O) groups is 2. The largest absolute Gasteiger partial charge is 0.469 e. The van der Waals surface area contributed by atoms with Crippen LogP contribution in [0.15, 0.2) is 0 Å². The molecular weight excluding hydrogens is 384 g/mol. The van der Waals surface area contributed by atoms with Crippen LogP contribution in [0.4, 0.5) is 0 Å². The minimum Gasteiger partial charge on any atom is -0.469 e. The molecule has 0 heterocycles. The highest BCUT2D eigenvalue weighted by atomic mass is 16.5. The molecule has 0 aromatic heterocycles. The molecule has 0 aromatic rings. The van der Waals surface area contributed by atoms with Gasteiger partial charge in [-0.15, -0.1) is 0 Å². The van der Waals surface area contributed by atoms with E-state index in [1.807, 2.05) is 0 Å². The number of hydrogen-bond donors (Lipinski definition) is 0. The van der Waals surface area contributed by atoms with Crippen molar-refractivity contribution in [2.45, 2.75) is 112 Å². The zero-order valence-corrected chi connectivity index (χ0v) is 21.2. The van der Waals surface area contributed by atoms with Crippen molar-refractivity contribution in [2.24, 2.45) is 46.3 Å². The first-order valence-corrected chi connectivity index (χ1v) is 13.2. The van der Waals surface area contributed by atoms with E-state index >= 15 is 0 Å². The summed E-state index contributed by atoms with van der Waals surface area (Å²) in [7, 11) is 1.51. The third kappa shape index (κ3) is 4.91. The number of methoxy groups -OCH3 is 1. The molecule has 3 saturated carbocycles. The van der Waals surface area contributed by atoms with E-state index in [0.29, 0.717) is 35.4 Å². The fourth-order valence-corrected chi connectivity index (χ4v) is 8.26. The molecule has 0 N–H and O–H groups in total. The van der Waals surface area contributed by atoms with E-state index in [-0.39, 0.29) is 11.4 Å². The average molecular weight is 433 g/mol. The molecule has 0 aliphatic heterocycles. The minimum absolute atomic E-state index is 0.0838. The van der Waals surface area contributed by atoms with Gasteiger partial charge in [-0.25, -0.2) is 0 Å². The van der Waals surface area contributed by atoms with Gasteiger partial charge in [0.2, 0.25) is 0 Å². The van der Waals surface area contributed by atoms with E-state index in [4.69, 9.17) is 4.74 Å².